The molecule has 0 aliphatic rings. The minimum absolute atomic E-state index is 0.0658. The molecule has 0 unspecified atom stereocenters. The van der Waals surface area contributed by atoms with Crippen LogP contribution in [-0.2, 0) is 22.6 Å². The molecule has 1 aromatic heterocycles. The highest BCUT2D eigenvalue weighted by Gasteiger charge is 2.13. The van der Waals surface area contributed by atoms with Crippen LogP contribution in [0.5, 0.6) is 11.5 Å². The maximum absolute atomic E-state index is 13.9. The Kier molecular flexibility index (Phi) is 6.57. The molecule has 148 valence electrons. The van der Waals surface area contributed by atoms with E-state index in [-0.39, 0.29) is 12.3 Å². The molecule has 0 bridgehead atoms. The van der Waals surface area contributed by atoms with E-state index < -0.39 is 11.7 Å². The quantitative estimate of drug-likeness (QED) is 0.523. The maximum Gasteiger partial charge on any atom is 0.231 e. The fourth-order valence-electron chi connectivity index (χ4n) is 2.85. The number of ether oxygens (including phenoxy) is 2. The molecule has 3 rings (SSSR count). The molecule has 0 fully saturated rings. The second-order valence-electron chi connectivity index (χ2n) is 6.13. The van der Waals surface area contributed by atoms with Crippen molar-refractivity contribution in [3.8, 4) is 11.5 Å². The van der Waals surface area contributed by atoms with Crippen molar-refractivity contribution in [2.75, 3.05) is 19.8 Å². The number of primary amides is 1. The van der Waals surface area contributed by atoms with Gasteiger partial charge in [-0.15, -0.1) is 0 Å². The van der Waals surface area contributed by atoms with E-state index in [2.05, 4.69) is 10.3 Å². The van der Waals surface area contributed by atoms with Gasteiger partial charge in [0, 0.05) is 19.2 Å². The van der Waals surface area contributed by atoms with Crippen molar-refractivity contribution in [3.05, 3.63) is 54.1 Å². The number of amides is 1. The van der Waals surface area contributed by atoms with Crippen molar-refractivity contribution in [2.24, 2.45) is 5.73 Å². The molecule has 7 nitrogen and oxygen atoms in total. The summed E-state index contributed by atoms with van der Waals surface area (Å²) < 4.78 is 27.0. The number of carbonyl (C=O) groups is 1. The molecule has 1 amide bonds. The first kappa shape index (κ1) is 19.8. The Hall–Kier alpha value is -2.97. The van der Waals surface area contributed by atoms with E-state index in [1.54, 1.807) is 24.3 Å². The van der Waals surface area contributed by atoms with Gasteiger partial charge in [-0.25, -0.2) is 9.37 Å². The van der Waals surface area contributed by atoms with Crippen LogP contribution in [0.2, 0.25) is 0 Å². The summed E-state index contributed by atoms with van der Waals surface area (Å²) in [7, 11) is 0. The molecule has 0 aliphatic carbocycles. The van der Waals surface area contributed by atoms with Crippen LogP contribution in [0.3, 0.4) is 0 Å². The largest absolute Gasteiger partial charge is 0.454 e. The predicted octanol–water partition coefficient (Wildman–Crippen LogP) is 2.58. The van der Waals surface area contributed by atoms with Crippen molar-refractivity contribution < 1.29 is 18.7 Å². The third-order valence-electron chi connectivity index (χ3n) is 4.11. The lowest BCUT2D eigenvalue weighted by Crippen LogP contribution is -2.29. The Morgan fingerprint density at radius 2 is 2.11 bits per heavy atom. The number of nitrogens with two attached hydrogens (primary N) is 1. The van der Waals surface area contributed by atoms with Crippen LogP contribution in [0.4, 0.5) is 4.39 Å². The van der Waals surface area contributed by atoms with Crippen molar-refractivity contribution in [2.45, 2.75) is 20.0 Å². The number of carbonyl (C=O) groups excluding carboxylic acids is 1. The van der Waals surface area contributed by atoms with Gasteiger partial charge in [-0.2, -0.15) is 0 Å². The number of aromatic nitrogens is 2. The molecule has 0 saturated carbocycles. The summed E-state index contributed by atoms with van der Waals surface area (Å²) in [6, 6.07) is 11.6. The lowest BCUT2D eigenvalue weighted by molar-refractivity contribution is -0.117. The van der Waals surface area contributed by atoms with Crippen LogP contribution >= 0.6 is 0 Å². The summed E-state index contributed by atoms with van der Waals surface area (Å²) in [4.78, 5) is 15.6. The van der Waals surface area contributed by atoms with Crippen LogP contribution in [0.1, 0.15) is 12.7 Å². The Morgan fingerprint density at radius 3 is 2.86 bits per heavy atom. The highest BCUT2D eigenvalue weighted by molar-refractivity contribution is 5.78. The lowest BCUT2D eigenvalue weighted by Gasteiger charge is -2.11. The smallest absolute Gasteiger partial charge is 0.231 e. The number of fused-ring (bicyclic) bond motifs is 1. The second-order valence-corrected chi connectivity index (χ2v) is 6.13. The fourth-order valence-corrected chi connectivity index (χ4v) is 2.85. The Bertz CT molecular complexity index is 958. The molecular weight excluding hydrogens is 363 g/mol. The molecule has 28 heavy (non-hydrogen) atoms. The molecule has 1 heterocycles. The first-order chi connectivity index (χ1) is 13.6. The number of halogens is 1. The number of nitrogens with one attached hydrogen (secondary N) is 1. The normalized spacial score (nSPS) is 11.1. The second kappa shape index (κ2) is 9.29. The molecule has 8 heteroatoms. The van der Waals surface area contributed by atoms with Crippen molar-refractivity contribution in [1.82, 2.24) is 14.9 Å². The summed E-state index contributed by atoms with van der Waals surface area (Å²) in [5.41, 5.74) is 6.79. The third kappa shape index (κ3) is 4.85. The lowest BCUT2D eigenvalue weighted by atomic mass is 10.3. The SMILES string of the molecule is CCOCCn1c(CNCC(N)=O)nc2ccc(Oc3ccccc3F)cc21. The summed E-state index contributed by atoms with van der Waals surface area (Å²) >= 11 is 0. The van der Waals surface area contributed by atoms with Gasteiger partial charge in [-0.3, -0.25) is 4.79 Å². The zero-order chi connectivity index (χ0) is 19.9. The van der Waals surface area contributed by atoms with E-state index in [4.69, 9.17) is 15.2 Å². The van der Waals surface area contributed by atoms with E-state index in [0.717, 1.165) is 16.9 Å². The van der Waals surface area contributed by atoms with Gasteiger partial charge in [0.25, 0.3) is 0 Å². The Morgan fingerprint density at radius 1 is 1.29 bits per heavy atom. The van der Waals surface area contributed by atoms with Gasteiger partial charge in [-0.05, 0) is 31.2 Å². The van der Waals surface area contributed by atoms with E-state index in [9.17, 15) is 9.18 Å². The highest BCUT2D eigenvalue weighted by Crippen LogP contribution is 2.28. The Balaban J connectivity index is 1.89. The van der Waals surface area contributed by atoms with Crippen molar-refractivity contribution >= 4 is 16.9 Å². The zero-order valence-electron chi connectivity index (χ0n) is 15.7. The molecule has 0 saturated heterocycles. The van der Waals surface area contributed by atoms with Crippen LogP contribution in [0.25, 0.3) is 11.0 Å². The molecule has 2 aromatic carbocycles. The van der Waals surface area contributed by atoms with E-state index in [1.807, 2.05) is 23.6 Å². The number of hydrogen-bond acceptors (Lipinski definition) is 5. The van der Waals surface area contributed by atoms with Gasteiger partial charge in [0.2, 0.25) is 5.91 Å². The van der Waals surface area contributed by atoms with Crippen LogP contribution in [0, 0.1) is 5.82 Å². The minimum atomic E-state index is -0.433. The van der Waals surface area contributed by atoms with Crippen molar-refractivity contribution in [3.63, 3.8) is 0 Å². The molecule has 0 radical (unpaired) electrons. The van der Waals surface area contributed by atoms with E-state index in [0.29, 0.717) is 32.1 Å². The molecular formula is C20H23FN4O3. The van der Waals surface area contributed by atoms with Gasteiger partial charge in [-0.1, -0.05) is 12.1 Å². The van der Waals surface area contributed by atoms with Gasteiger partial charge < -0.3 is 25.1 Å². The topological polar surface area (TPSA) is 91.4 Å². The molecule has 3 N–H and O–H groups in total. The van der Waals surface area contributed by atoms with Gasteiger partial charge in [0.05, 0.1) is 30.7 Å². The van der Waals surface area contributed by atoms with Gasteiger partial charge >= 0.3 is 0 Å². The monoisotopic (exact) mass is 386 g/mol. The average Bonchev–Trinajstić information content (AvgIpc) is 3.01. The number of para-hydroxylation sites is 1. The van der Waals surface area contributed by atoms with Crippen LogP contribution in [0.15, 0.2) is 42.5 Å². The average molecular weight is 386 g/mol. The summed E-state index contributed by atoms with van der Waals surface area (Å²) in [5, 5.41) is 2.98. The summed E-state index contributed by atoms with van der Waals surface area (Å²) in [5.74, 6) is 0.553. The predicted molar refractivity (Wildman–Crippen MR) is 104 cm³/mol. The van der Waals surface area contributed by atoms with Crippen LogP contribution in [-0.4, -0.2) is 35.2 Å². The van der Waals surface area contributed by atoms with E-state index >= 15 is 0 Å². The number of imidazole rings is 1. The first-order valence-corrected chi connectivity index (χ1v) is 9.06. The Labute approximate surface area is 162 Å². The molecule has 0 spiro atoms. The van der Waals surface area contributed by atoms with E-state index in [1.165, 1.54) is 6.07 Å². The van der Waals surface area contributed by atoms with Gasteiger partial charge in [0.1, 0.15) is 11.6 Å². The number of rotatable bonds is 10. The number of hydrogen-bond donors (Lipinski definition) is 2. The van der Waals surface area contributed by atoms with Gasteiger partial charge in [0.15, 0.2) is 11.6 Å². The standard InChI is InChI=1S/C20H23FN4O3/c1-2-27-10-9-25-17-11-14(28-18-6-4-3-5-15(18)21)7-8-16(17)24-20(25)13-23-12-19(22)26/h3-8,11,23H,2,9-10,12-13H2,1H3,(H2,22,26). The van der Waals surface area contributed by atoms with Crippen molar-refractivity contribution in [1.29, 1.82) is 0 Å². The number of benzene rings is 2. The highest BCUT2D eigenvalue weighted by atomic mass is 19.1. The maximum atomic E-state index is 13.9. The molecule has 3 aromatic rings. The summed E-state index contributed by atoms with van der Waals surface area (Å²) in [6.07, 6.45) is 0. The zero-order valence-corrected chi connectivity index (χ0v) is 15.7. The third-order valence-corrected chi connectivity index (χ3v) is 4.11. The first-order valence-electron chi connectivity index (χ1n) is 9.06. The minimum Gasteiger partial charge on any atom is -0.454 e. The number of nitrogens with zero attached hydrogens (tertiary/aromatic N) is 2. The molecule has 0 atom stereocenters. The van der Waals surface area contributed by atoms with Crippen LogP contribution < -0.4 is 15.8 Å². The molecule has 0 aliphatic heterocycles. The fraction of sp³-hybridized carbons (Fsp3) is 0.300. The summed E-state index contributed by atoms with van der Waals surface area (Å²) in [6.45, 7) is 4.10.